The van der Waals surface area contributed by atoms with Gasteiger partial charge in [-0.3, -0.25) is 0 Å². The second kappa shape index (κ2) is 10.8. The number of ether oxygens (including phenoxy) is 2. The molecule has 4 heterocycles. The van der Waals surface area contributed by atoms with Gasteiger partial charge in [0.2, 0.25) is 0 Å². The predicted molar refractivity (Wildman–Crippen MR) is 152 cm³/mol. The van der Waals surface area contributed by atoms with E-state index in [1.54, 1.807) is 4.68 Å². The number of hydrogen-bond acceptors (Lipinski definition) is 8. The third kappa shape index (κ3) is 6.54. The zero-order chi connectivity index (χ0) is 26.3. The maximum atomic E-state index is 12.3. The van der Waals surface area contributed by atoms with Crippen molar-refractivity contribution in [2.24, 2.45) is 0 Å². The molecule has 12 heteroatoms. The Morgan fingerprint density at radius 2 is 1.86 bits per heavy atom. The number of alkyl carbamates (subject to hydrolysis) is 1. The van der Waals surface area contributed by atoms with Crippen LogP contribution in [0.15, 0.2) is 0 Å². The van der Waals surface area contributed by atoms with Crippen molar-refractivity contribution in [1.29, 1.82) is 0 Å². The molecular weight excluding hydrogens is 595 g/mol. The van der Waals surface area contributed by atoms with Crippen LogP contribution in [-0.4, -0.2) is 85.8 Å². The van der Waals surface area contributed by atoms with Gasteiger partial charge in [-0.05, 0) is 87.8 Å². The SMILES string of the molecule is CC(C)(C)OC(=O)NC1C[C@H]2CC[C@@H](C1)N2c1nc2c(nc1CO)c(I)nn2COCCS(C)(C)C. The lowest BCUT2D eigenvalue weighted by Crippen LogP contribution is -2.51. The minimum Gasteiger partial charge on any atom is -0.444 e. The Labute approximate surface area is 228 Å². The van der Waals surface area contributed by atoms with Gasteiger partial charge in [0.05, 0.1) is 13.2 Å². The maximum absolute atomic E-state index is 12.3. The number of aromatic nitrogens is 4. The third-order valence-corrected chi connectivity index (χ3v) is 8.60. The summed E-state index contributed by atoms with van der Waals surface area (Å²) in [5.41, 5.74) is 1.39. The number of rotatable bonds is 8. The Morgan fingerprint density at radius 1 is 1.19 bits per heavy atom. The number of hydrogen-bond donors (Lipinski definition) is 2. The van der Waals surface area contributed by atoms with Crippen molar-refractivity contribution in [3.63, 3.8) is 0 Å². The van der Waals surface area contributed by atoms with Gasteiger partial charge < -0.3 is 24.8 Å². The third-order valence-electron chi connectivity index (χ3n) is 6.48. The minimum atomic E-state index is -0.625. The van der Waals surface area contributed by atoms with Gasteiger partial charge in [0.15, 0.2) is 15.2 Å². The first-order valence-corrected chi connectivity index (χ1v) is 16.5. The molecule has 10 nitrogen and oxygen atoms in total. The largest absolute Gasteiger partial charge is 0.444 e. The molecule has 2 aliphatic rings. The molecule has 2 saturated heterocycles. The lowest BCUT2D eigenvalue weighted by Gasteiger charge is -2.40. The number of nitrogens with zero attached hydrogens (tertiary/aromatic N) is 5. The molecule has 3 atom stereocenters. The van der Waals surface area contributed by atoms with E-state index in [2.05, 4.69) is 56.7 Å². The lowest BCUT2D eigenvalue weighted by atomic mass is 9.97. The van der Waals surface area contributed by atoms with Crippen molar-refractivity contribution in [2.45, 2.75) is 83.5 Å². The van der Waals surface area contributed by atoms with Crippen LogP contribution in [0.25, 0.3) is 11.2 Å². The fraction of sp³-hybridized carbons (Fsp3) is 0.750. The van der Waals surface area contributed by atoms with Crippen LogP contribution in [0.3, 0.4) is 0 Å². The van der Waals surface area contributed by atoms with Crippen LogP contribution in [0.1, 0.15) is 52.1 Å². The van der Waals surface area contributed by atoms with Crippen LogP contribution >= 0.6 is 32.6 Å². The Kier molecular flexibility index (Phi) is 8.28. The fourth-order valence-corrected chi connectivity index (χ4v) is 6.19. The number of carbonyl (C=O) groups excluding carboxylic acids is 1. The molecule has 0 aliphatic carbocycles. The van der Waals surface area contributed by atoms with E-state index in [0.717, 1.165) is 35.1 Å². The summed E-state index contributed by atoms with van der Waals surface area (Å²) in [5.74, 6) is 1.75. The molecule has 36 heavy (non-hydrogen) atoms. The number of aliphatic hydroxyl groups excluding tert-OH is 1. The van der Waals surface area contributed by atoms with Gasteiger partial charge in [-0.2, -0.15) is 5.10 Å². The molecule has 0 saturated carbocycles. The molecule has 2 aromatic heterocycles. The summed E-state index contributed by atoms with van der Waals surface area (Å²) in [6.45, 7) is 6.40. The van der Waals surface area contributed by atoms with Crippen LogP contribution < -0.4 is 10.2 Å². The van der Waals surface area contributed by atoms with E-state index in [-0.39, 0.29) is 30.8 Å². The van der Waals surface area contributed by atoms with E-state index in [1.807, 2.05) is 20.8 Å². The van der Waals surface area contributed by atoms with E-state index in [4.69, 9.17) is 19.4 Å². The molecule has 2 bridgehead atoms. The van der Waals surface area contributed by atoms with E-state index in [0.29, 0.717) is 36.0 Å². The Balaban J connectivity index is 1.53. The molecule has 4 rings (SSSR count). The summed E-state index contributed by atoms with van der Waals surface area (Å²) in [7, 11) is -0.625. The second-order valence-electron chi connectivity index (χ2n) is 11.6. The quantitative estimate of drug-likeness (QED) is 0.335. The smallest absolute Gasteiger partial charge is 0.407 e. The summed E-state index contributed by atoms with van der Waals surface area (Å²) in [5, 5.41) is 17.8. The van der Waals surface area contributed by atoms with Crippen molar-refractivity contribution in [2.75, 3.05) is 36.0 Å². The van der Waals surface area contributed by atoms with E-state index >= 15 is 0 Å². The van der Waals surface area contributed by atoms with E-state index < -0.39 is 15.6 Å². The molecule has 2 aliphatic heterocycles. The molecule has 1 unspecified atom stereocenters. The van der Waals surface area contributed by atoms with Crippen LogP contribution in [0.5, 0.6) is 0 Å². The highest BCUT2D eigenvalue weighted by Gasteiger charge is 2.43. The van der Waals surface area contributed by atoms with Gasteiger partial charge in [-0.15, -0.1) is 0 Å². The number of piperidine rings is 1. The van der Waals surface area contributed by atoms with Gasteiger partial charge in [0.1, 0.15) is 23.5 Å². The second-order valence-corrected chi connectivity index (χ2v) is 17.2. The van der Waals surface area contributed by atoms with Gasteiger partial charge >= 0.3 is 6.09 Å². The topological polar surface area (TPSA) is 115 Å². The van der Waals surface area contributed by atoms with Crippen molar-refractivity contribution < 1.29 is 19.4 Å². The van der Waals surface area contributed by atoms with Crippen LogP contribution in [0.4, 0.5) is 10.6 Å². The van der Waals surface area contributed by atoms with Crippen molar-refractivity contribution >= 4 is 55.7 Å². The number of halogens is 1. The van der Waals surface area contributed by atoms with Crippen molar-refractivity contribution in [3.05, 3.63) is 9.39 Å². The highest BCUT2D eigenvalue weighted by molar-refractivity contribution is 14.1. The Hall–Kier alpha value is -1.38. The molecular formula is C24H39IN6O4S. The molecule has 0 spiro atoms. The molecule has 2 fully saturated rings. The van der Waals surface area contributed by atoms with Crippen LogP contribution in [-0.2, 0) is 22.8 Å². The highest BCUT2D eigenvalue weighted by atomic mass is 127. The van der Waals surface area contributed by atoms with E-state index in [9.17, 15) is 9.90 Å². The molecule has 202 valence electrons. The Morgan fingerprint density at radius 3 is 2.44 bits per heavy atom. The highest BCUT2D eigenvalue weighted by Crippen LogP contribution is 2.40. The summed E-state index contributed by atoms with van der Waals surface area (Å²) in [6.07, 6.45) is 10.1. The number of nitrogens with one attached hydrogen (secondary N) is 1. The summed E-state index contributed by atoms with van der Waals surface area (Å²) < 4.78 is 13.9. The van der Waals surface area contributed by atoms with Gasteiger partial charge in [0.25, 0.3) is 0 Å². The molecule has 0 aromatic carbocycles. The molecule has 2 N–H and O–H groups in total. The minimum absolute atomic E-state index is 0.0488. The number of amides is 1. The van der Waals surface area contributed by atoms with Gasteiger partial charge in [0, 0.05) is 23.9 Å². The molecule has 2 aromatic rings. The zero-order valence-electron chi connectivity index (χ0n) is 22.1. The monoisotopic (exact) mass is 634 g/mol. The fourth-order valence-electron chi connectivity index (χ4n) is 4.95. The number of carbonyl (C=O) groups is 1. The van der Waals surface area contributed by atoms with Gasteiger partial charge in [-0.25, -0.2) is 29.5 Å². The van der Waals surface area contributed by atoms with Crippen LogP contribution in [0.2, 0.25) is 0 Å². The number of aliphatic hydroxyl groups is 1. The average molecular weight is 635 g/mol. The molecule has 0 radical (unpaired) electrons. The first-order chi connectivity index (χ1) is 16.8. The predicted octanol–water partition coefficient (Wildman–Crippen LogP) is 3.62. The van der Waals surface area contributed by atoms with E-state index in [1.165, 1.54) is 0 Å². The Bertz CT molecular complexity index is 1080. The summed E-state index contributed by atoms with van der Waals surface area (Å²) in [6, 6.07) is 0.470. The lowest BCUT2D eigenvalue weighted by molar-refractivity contribution is 0.0492. The van der Waals surface area contributed by atoms with Crippen molar-refractivity contribution in [1.82, 2.24) is 25.1 Å². The molecule has 1 amide bonds. The summed E-state index contributed by atoms with van der Waals surface area (Å²) in [4.78, 5) is 24.4. The number of fused-ring (bicyclic) bond motifs is 3. The standard InChI is InChI=1S/C24H39IN6O4S/c1-24(2,3)35-23(33)26-15-11-16-7-8-17(12-15)31(16)21-18(13-32)27-19-20(25)29-30(22(19)28-21)14-34-9-10-36(4,5)6/h15-17,32H,7-14H2,1-6H3,(H,26,33)/t15?,16-,17+. The normalized spacial score (nSPS) is 22.8. The first-order valence-electron chi connectivity index (χ1n) is 12.4. The van der Waals surface area contributed by atoms with Crippen molar-refractivity contribution in [3.8, 4) is 0 Å². The summed E-state index contributed by atoms with van der Waals surface area (Å²) >= 11 is 2.16. The van der Waals surface area contributed by atoms with Gasteiger partial charge in [-0.1, -0.05) is 0 Å². The number of anilines is 1. The zero-order valence-corrected chi connectivity index (χ0v) is 25.1. The maximum Gasteiger partial charge on any atom is 0.407 e. The average Bonchev–Trinajstić information content (AvgIpc) is 3.20. The first kappa shape index (κ1) is 27.6. The van der Waals surface area contributed by atoms with Crippen LogP contribution in [0, 0.1) is 3.70 Å².